The molecule has 0 unspecified atom stereocenters. The van der Waals surface area contributed by atoms with Crippen molar-refractivity contribution in [3.05, 3.63) is 34.9 Å². The van der Waals surface area contributed by atoms with Crippen molar-refractivity contribution < 1.29 is 14.7 Å². The van der Waals surface area contributed by atoms with E-state index in [0.717, 1.165) is 30.4 Å². The Balaban J connectivity index is 2.07. The number of aryl methyl sites for hydroxylation is 2. The van der Waals surface area contributed by atoms with Crippen LogP contribution < -0.4 is 5.32 Å². The lowest BCUT2D eigenvalue weighted by molar-refractivity contribution is -0.150. The zero-order valence-electron chi connectivity index (χ0n) is 12.7. The van der Waals surface area contributed by atoms with Crippen LogP contribution in [0.1, 0.15) is 53.6 Å². The molecule has 2 rings (SSSR count). The maximum absolute atomic E-state index is 12.3. The van der Waals surface area contributed by atoms with Crippen molar-refractivity contribution in [3.8, 4) is 0 Å². The lowest BCUT2D eigenvalue weighted by Gasteiger charge is -2.33. The molecule has 1 aromatic rings. The SMILES string of the molecule is Cc1ccc(C(=O)NCC2(C(=O)O)CCCCC2)c(C)c1. The number of hydrogen-bond donors (Lipinski definition) is 2. The first kappa shape index (κ1) is 15.5. The number of benzene rings is 1. The normalized spacial score (nSPS) is 17.2. The zero-order valence-corrected chi connectivity index (χ0v) is 12.7. The summed E-state index contributed by atoms with van der Waals surface area (Å²) in [5, 5.41) is 12.3. The highest BCUT2D eigenvalue weighted by molar-refractivity contribution is 5.96. The third-order valence-electron chi connectivity index (χ3n) is 4.48. The predicted octanol–water partition coefficient (Wildman–Crippen LogP) is 3.07. The second-order valence-corrected chi connectivity index (χ2v) is 6.15. The van der Waals surface area contributed by atoms with Gasteiger partial charge in [-0.05, 0) is 38.3 Å². The minimum Gasteiger partial charge on any atom is -0.481 e. The Hall–Kier alpha value is -1.84. The fourth-order valence-corrected chi connectivity index (χ4v) is 3.11. The molecule has 4 heteroatoms. The first-order valence-corrected chi connectivity index (χ1v) is 7.53. The highest BCUT2D eigenvalue weighted by atomic mass is 16.4. The van der Waals surface area contributed by atoms with E-state index in [0.29, 0.717) is 18.4 Å². The number of aliphatic carboxylic acids is 1. The van der Waals surface area contributed by atoms with E-state index in [-0.39, 0.29) is 12.5 Å². The summed E-state index contributed by atoms with van der Waals surface area (Å²) in [6.07, 6.45) is 4.22. The van der Waals surface area contributed by atoms with Crippen molar-refractivity contribution in [2.45, 2.75) is 46.0 Å². The number of carboxylic acid groups (broad SMARTS) is 1. The molecule has 1 amide bonds. The van der Waals surface area contributed by atoms with Gasteiger partial charge in [-0.1, -0.05) is 37.0 Å². The Morgan fingerprint density at radius 2 is 1.86 bits per heavy atom. The van der Waals surface area contributed by atoms with Crippen LogP contribution in [0.25, 0.3) is 0 Å². The number of hydrogen-bond acceptors (Lipinski definition) is 2. The van der Waals surface area contributed by atoms with E-state index in [1.54, 1.807) is 6.07 Å². The summed E-state index contributed by atoms with van der Waals surface area (Å²) in [4.78, 5) is 23.9. The minimum atomic E-state index is -0.789. The molecule has 0 saturated heterocycles. The van der Waals surface area contributed by atoms with E-state index in [2.05, 4.69) is 5.32 Å². The van der Waals surface area contributed by atoms with E-state index in [9.17, 15) is 14.7 Å². The first-order chi connectivity index (χ1) is 9.94. The minimum absolute atomic E-state index is 0.182. The van der Waals surface area contributed by atoms with Crippen LogP contribution in [0.2, 0.25) is 0 Å². The zero-order chi connectivity index (χ0) is 15.5. The van der Waals surface area contributed by atoms with Crippen molar-refractivity contribution in [1.82, 2.24) is 5.32 Å². The number of carbonyl (C=O) groups is 2. The molecule has 21 heavy (non-hydrogen) atoms. The van der Waals surface area contributed by atoms with Crippen LogP contribution in [-0.2, 0) is 4.79 Å². The summed E-state index contributed by atoms with van der Waals surface area (Å²) >= 11 is 0. The number of amides is 1. The maximum atomic E-state index is 12.3. The Morgan fingerprint density at radius 3 is 2.43 bits per heavy atom. The van der Waals surface area contributed by atoms with Crippen molar-refractivity contribution in [1.29, 1.82) is 0 Å². The van der Waals surface area contributed by atoms with Crippen molar-refractivity contribution >= 4 is 11.9 Å². The molecule has 1 fully saturated rings. The van der Waals surface area contributed by atoms with Gasteiger partial charge in [0.1, 0.15) is 0 Å². The first-order valence-electron chi connectivity index (χ1n) is 7.53. The summed E-state index contributed by atoms with van der Waals surface area (Å²) in [6, 6.07) is 5.66. The standard InChI is InChI=1S/C17H23NO3/c1-12-6-7-14(13(2)10-12)15(19)18-11-17(16(20)21)8-4-3-5-9-17/h6-7,10H,3-5,8-9,11H2,1-2H3,(H,18,19)(H,20,21). The van der Waals surface area contributed by atoms with Crippen LogP contribution in [0.5, 0.6) is 0 Å². The highest BCUT2D eigenvalue weighted by Crippen LogP contribution is 2.36. The summed E-state index contributed by atoms with van der Waals surface area (Å²) < 4.78 is 0. The fourth-order valence-electron chi connectivity index (χ4n) is 3.11. The average molecular weight is 289 g/mol. The van der Waals surface area contributed by atoms with Gasteiger partial charge in [0.25, 0.3) is 5.91 Å². The maximum Gasteiger partial charge on any atom is 0.311 e. The van der Waals surface area contributed by atoms with Crippen LogP contribution >= 0.6 is 0 Å². The van der Waals surface area contributed by atoms with Crippen molar-refractivity contribution in [2.24, 2.45) is 5.41 Å². The Bertz CT molecular complexity index is 545. The molecule has 1 aliphatic carbocycles. The Kier molecular flexibility index (Phi) is 4.66. The third kappa shape index (κ3) is 3.43. The summed E-state index contributed by atoms with van der Waals surface area (Å²) in [6.45, 7) is 4.10. The molecule has 0 aromatic heterocycles. The predicted molar refractivity (Wildman–Crippen MR) is 81.4 cm³/mol. The summed E-state index contributed by atoms with van der Waals surface area (Å²) in [5.74, 6) is -0.971. The smallest absolute Gasteiger partial charge is 0.311 e. The summed E-state index contributed by atoms with van der Waals surface area (Å²) in [7, 11) is 0. The topological polar surface area (TPSA) is 66.4 Å². The molecule has 0 bridgehead atoms. The molecule has 0 atom stereocenters. The van der Waals surface area contributed by atoms with E-state index in [1.807, 2.05) is 26.0 Å². The molecular formula is C17H23NO3. The lowest BCUT2D eigenvalue weighted by atomic mass is 9.74. The van der Waals surface area contributed by atoms with Gasteiger partial charge in [-0.25, -0.2) is 0 Å². The van der Waals surface area contributed by atoms with Crippen LogP contribution in [0.15, 0.2) is 18.2 Å². The van der Waals surface area contributed by atoms with Gasteiger partial charge < -0.3 is 10.4 Å². The van der Waals surface area contributed by atoms with Crippen molar-refractivity contribution in [3.63, 3.8) is 0 Å². The molecule has 1 aromatic carbocycles. The van der Waals surface area contributed by atoms with Gasteiger partial charge in [0.05, 0.1) is 5.41 Å². The Labute approximate surface area is 125 Å². The van der Waals surface area contributed by atoms with Crippen LogP contribution in [-0.4, -0.2) is 23.5 Å². The third-order valence-corrected chi connectivity index (χ3v) is 4.48. The quantitative estimate of drug-likeness (QED) is 0.895. The second-order valence-electron chi connectivity index (χ2n) is 6.15. The largest absolute Gasteiger partial charge is 0.481 e. The average Bonchev–Trinajstić information content (AvgIpc) is 2.45. The van der Waals surface area contributed by atoms with Gasteiger partial charge in [0, 0.05) is 12.1 Å². The molecule has 1 saturated carbocycles. The number of rotatable bonds is 4. The van der Waals surface area contributed by atoms with Gasteiger partial charge in [0.2, 0.25) is 0 Å². The van der Waals surface area contributed by atoms with E-state index < -0.39 is 11.4 Å². The van der Waals surface area contributed by atoms with Gasteiger partial charge in [-0.2, -0.15) is 0 Å². The number of carbonyl (C=O) groups excluding carboxylic acids is 1. The van der Waals surface area contributed by atoms with E-state index in [1.165, 1.54) is 0 Å². The van der Waals surface area contributed by atoms with Gasteiger partial charge >= 0.3 is 5.97 Å². The molecule has 0 heterocycles. The monoisotopic (exact) mass is 289 g/mol. The molecule has 0 aliphatic heterocycles. The molecule has 2 N–H and O–H groups in total. The van der Waals surface area contributed by atoms with E-state index >= 15 is 0 Å². The van der Waals surface area contributed by atoms with Crippen molar-refractivity contribution in [2.75, 3.05) is 6.54 Å². The molecule has 0 radical (unpaired) electrons. The molecule has 4 nitrogen and oxygen atoms in total. The van der Waals surface area contributed by atoms with Crippen LogP contribution in [0.4, 0.5) is 0 Å². The number of carboxylic acids is 1. The Morgan fingerprint density at radius 1 is 1.19 bits per heavy atom. The van der Waals surface area contributed by atoms with Crippen LogP contribution in [0, 0.1) is 19.3 Å². The second kappa shape index (κ2) is 6.29. The molecule has 114 valence electrons. The van der Waals surface area contributed by atoms with E-state index in [4.69, 9.17) is 0 Å². The molecular weight excluding hydrogens is 266 g/mol. The number of nitrogens with one attached hydrogen (secondary N) is 1. The molecule has 0 spiro atoms. The summed E-state index contributed by atoms with van der Waals surface area (Å²) in [5.41, 5.74) is 1.86. The molecule has 1 aliphatic rings. The van der Waals surface area contributed by atoms with Gasteiger partial charge in [-0.15, -0.1) is 0 Å². The highest BCUT2D eigenvalue weighted by Gasteiger charge is 2.39. The van der Waals surface area contributed by atoms with Gasteiger partial charge in [0.15, 0.2) is 0 Å². The van der Waals surface area contributed by atoms with Crippen LogP contribution in [0.3, 0.4) is 0 Å². The lowest BCUT2D eigenvalue weighted by Crippen LogP contribution is -2.44. The van der Waals surface area contributed by atoms with Gasteiger partial charge in [-0.3, -0.25) is 9.59 Å². The fraction of sp³-hybridized carbons (Fsp3) is 0.529.